The average Bonchev–Trinajstić information content (AvgIpc) is 3.02. The van der Waals surface area contributed by atoms with E-state index in [1.165, 1.54) is 4.57 Å². The van der Waals surface area contributed by atoms with Crippen LogP contribution in [0.1, 0.15) is 12.8 Å². The second kappa shape index (κ2) is 6.05. The molecule has 110 valence electrons. The van der Waals surface area contributed by atoms with Gasteiger partial charge in [-0.3, -0.25) is 14.6 Å². The Labute approximate surface area is 121 Å². The quantitative estimate of drug-likeness (QED) is 0.898. The molecule has 0 aliphatic carbocycles. The highest BCUT2D eigenvalue weighted by atomic mass is 16.5. The zero-order chi connectivity index (χ0) is 14.7. The summed E-state index contributed by atoms with van der Waals surface area (Å²) in [5.74, 6) is -0.184. The van der Waals surface area contributed by atoms with E-state index in [4.69, 9.17) is 4.74 Å². The van der Waals surface area contributed by atoms with Gasteiger partial charge in [-0.05, 0) is 31.0 Å². The molecule has 0 saturated carbocycles. The van der Waals surface area contributed by atoms with Gasteiger partial charge in [0.05, 0.1) is 17.0 Å². The number of carbonyl (C=O) groups is 1. The molecule has 1 N–H and O–H groups in total. The Bertz CT molecular complexity index is 705. The number of hydrogen-bond acceptors (Lipinski definition) is 4. The number of nitrogens with zero attached hydrogens (tertiary/aromatic N) is 2. The van der Waals surface area contributed by atoms with Gasteiger partial charge in [0, 0.05) is 25.5 Å². The fourth-order valence-corrected chi connectivity index (χ4v) is 2.48. The Morgan fingerprint density at radius 2 is 2.38 bits per heavy atom. The predicted molar refractivity (Wildman–Crippen MR) is 78.0 cm³/mol. The van der Waals surface area contributed by atoms with Crippen LogP contribution in [0.4, 0.5) is 0 Å². The summed E-state index contributed by atoms with van der Waals surface area (Å²) >= 11 is 0. The van der Waals surface area contributed by atoms with Crippen LogP contribution in [-0.2, 0) is 16.1 Å². The van der Waals surface area contributed by atoms with Crippen molar-refractivity contribution in [1.29, 1.82) is 0 Å². The highest BCUT2D eigenvalue weighted by Gasteiger charge is 2.16. The zero-order valence-corrected chi connectivity index (χ0v) is 11.6. The van der Waals surface area contributed by atoms with Crippen LogP contribution in [0.15, 0.2) is 35.4 Å². The molecular weight excluding hydrogens is 270 g/mol. The Balaban J connectivity index is 1.68. The molecule has 1 aliphatic heterocycles. The topological polar surface area (TPSA) is 73.2 Å². The van der Waals surface area contributed by atoms with Gasteiger partial charge in [0.15, 0.2) is 0 Å². The molecule has 0 aromatic carbocycles. The summed E-state index contributed by atoms with van der Waals surface area (Å²) in [4.78, 5) is 28.3. The van der Waals surface area contributed by atoms with E-state index in [0.29, 0.717) is 17.4 Å². The van der Waals surface area contributed by atoms with Crippen LogP contribution in [0, 0.1) is 0 Å². The van der Waals surface area contributed by atoms with Crippen LogP contribution < -0.4 is 10.9 Å². The summed E-state index contributed by atoms with van der Waals surface area (Å²) in [6.07, 6.45) is 5.36. The van der Waals surface area contributed by atoms with Gasteiger partial charge in [-0.1, -0.05) is 0 Å². The van der Waals surface area contributed by atoms with Crippen molar-refractivity contribution in [3.05, 3.63) is 40.9 Å². The second-order valence-corrected chi connectivity index (χ2v) is 5.12. The first-order chi connectivity index (χ1) is 10.2. The van der Waals surface area contributed by atoms with Crippen molar-refractivity contribution in [2.45, 2.75) is 25.5 Å². The Morgan fingerprint density at radius 3 is 3.19 bits per heavy atom. The summed E-state index contributed by atoms with van der Waals surface area (Å²) in [5.41, 5.74) is 0.436. The Hall–Kier alpha value is -2.21. The summed E-state index contributed by atoms with van der Waals surface area (Å²) in [5, 5.41) is 3.33. The van der Waals surface area contributed by atoms with E-state index in [-0.39, 0.29) is 24.1 Å². The van der Waals surface area contributed by atoms with Crippen LogP contribution in [-0.4, -0.2) is 34.7 Å². The first kappa shape index (κ1) is 13.8. The molecule has 0 radical (unpaired) electrons. The van der Waals surface area contributed by atoms with Gasteiger partial charge in [-0.15, -0.1) is 0 Å². The molecule has 0 bridgehead atoms. The summed E-state index contributed by atoms with van der Waals surface area (Å²) in [6, 6.07) is 5.17. The van der Waals surface area contributed by atoms with Gasteiger partial charge < -0.3 is 14.6 Å². The smallest absolute Gasteiger partial charge is 0.260 e. The number of nitrogens with one attached hydrogen (secondary N) is 1. The van der Waals surface area contributed by atoms with E-state index in [9.17, 15) is 9.59 Å². The molecule has 1 atom stereocenters. The maximum atomic E-state index is 12.2. The number of rotatable bonds is 4. The van der Waals surface area contributed by atoms with Crippen LogP contribution >= 0.6 is 0 Å². The summed E-state index contributed by atoms with van der Waals surface area (Å²) in [7, 11) is 0. The minimum atomic E-state index is -0.201. The summed E-state index contributed by atoms with van der Waals surface area (Å²) < 4.78 is 6.84. The molecule has 0 spiro atoms. The van der Waals surface area contributed by atoms with Gasteiger partial charge in [0.2, 0.25) is 5.91 Å². The van der Waals surface area contributed by atoms with Crippen LogP contribution in [0.3, 0.4) is 0 Å². The van der Waals surface area contributed by atoms with Crippen LogP contribution in [0.5, 0.6) is 0 Å². The molecule has 2 aromatic heterocycles. The molecule has 1 fully saturated rings. The number of pyridine rings is 2. The molecule has 3 heterocycles. The van der Waals surface area contributed by atoms with Gasteiger partial charge in [-0.2, -0.15) is 0 Å². The third kappa shape index (κ3) is 3.11. The van der Waals surface area contributed by atoms with Crippen LogP contribution in [0.25, 0.3) is 10.9 Å². The molecule has 6 heteroatoms. The molecule has 1 amide bonds. The minimum absolute atomic E-state index is 0.0103. The lowest BCUT2D eigenvalue weighted by atomic mass is 10.2. The zero-order valence-electron chi connectivity index (χ0n) is 11.6. The van der Waals surface area contributed by atoms with Gasteiger partial charge in [0.1, 0.15) is 6.54 Å². The predicted octanol–water partition coefficient (Wildman–Crippen LogP) is 0.692. The maximum absolute atomic E-state index is 12.2. The SMILES string of the molecule is O=C(Cn1ccc2ncccc2c1=O)NC[C@H]1CCCO1. The Morgan fingerprint density at radius 1 is 1.48 bits per heavy atom. The first-order valence-electron chi connectivity index (χ1n) is 7.06. The molecule has 3 rings (SSSR count). The molecule has 0 unspecified atom stereocenters. The van der Waals surface area contributed by atoms with Crippen molar-refractivity contribution in [2.75, 3.05) is 13.2 Å². The largest absolute Gasteiger partial charge is 0.376 e. The third-order valence-corrected chi connectivity index (χ3v) is 3.61. The average molecular weight is 287 g/mol. The normalized spacial score (nSPS) is 18.0. The lowest BCUT2D eigenvalue weighted by Gasteiger charge is -2.11. The van der Waals surface area contributed by atoms with Crippen molar-refractivity contribution in [3.8, 4) is 0 Å². The van der Waals surface area contributed by atoms with Gasteiger partial charge in [-0.25, -0.2) is 0 Å². The van der Waals surface area contributed by atoms with Gasteiger partial charge in [0.25, 0.3) is 5.56 Å². The lowest BCUT2D eigenvalue weighted by Crippen LogP contribution is -2.36. The van der Waals surface area contributed by atoms with Crippen molar-refractivity contribution >= 4 is 16.8 Å². The number of carbonyl (C=O) groups excluding carboxylic acids is 1. The summed E-state index contributed by atoms with van der Waals surface area (Å²) in [6.45, 7) is 1.27. The van der Waals surface area contributed by atoms with E-state index in [1.807, 2.05) is 0 Å². The van der Waals surface area contributed by atoms with Crippen molar-refractivity contribution in [2.24, 2.45) is 0 Å². The monoisotopic (exact) mass is 287 g/mol. The molecule has 2 aromatic rings. The minimum Gasteiger partial charge on any atom is -0.376 e. The number of ether oxygens (including phenoxy) is 1. The van der Waals surface area contributed by atoms with E-state index in [2.05, 4.69) is 10.3 Å². The first-order valence-corrected chi connectivity index (χ1v) is 7.06. The van der Waals surface area contributed by atoms with Gasteiger partial charge >= 0.3 is 0 Å². The van der Waals surface area contributed by atoms with Crippen LogP contribution in [0.2, 0.25) is 0 Å². The van der Waals surface area contributed by atoms with Crippen molar-refractivity contribution < 1.29 is 9.53 Å². The van der Waals surface area contributed by atoms with E-state index >= 15 is 0 Å². The number of amides is 1. The standard InChI is InChI=1S/C15H17N3O3/c19-14(17-9-11-3-2-8-21-11)10-18-7-5-13-12(15(18)20)4-1-6-16-13/h1,4-7,11H,2-3,8-10H2,(H,17,19)/t11-/m1/s1. The number of fused-ring (bicyclic) bond motifs is 1. The molecule has 1 aliphatic rings. The molecule has 21 heavy (non-hydrogen) atoms. The van der Waals surface area contributed by atoms with E-state index in [1.54, 1.807) is 30.6 Å². The third-order valence-electron chi connectivity index (χ3n) is 3.61. The number of aromatic nitrogens is 2. The lowest BCUT2D eigenvalue weighted by molar-refractivity contribution is -0.122. The molecule has 1 saturated heterocycles. The Kier molecular flexibility index (Phi) is 3.96. The molecule has 6 nitrogen and oxygen atoms in total. The van der Waals surface area contributed by atoms with Crippen molar-refractivity contribution in [3.63, 3.8) is 0 Å². The highest BCUT2D eigenvalue weighted by molar-refractivity contribution is 5.78. The fourth-order valence-electron chi connectivity index (χ4n) is 2.48. The highest BCUT2D eigenvalue weighted by Crippen LogP contribution is 2.10. The molecular formula is C15H17N3O3. The van der Waals surface area contributed by atoms with E-state index in [0.717, 1.165) is 19.4 Å². The number of hydrogen-bond donors (Lipinski definition) is 1. The second-order valence-electron chi connectivity index (χ2n) is 5.12. The van der Waals surface area contributed by atoms with E-state index < -0.39 is 0 Å². The maximum Gasteiger partial charge on any atom is 0.260 e. The fraction of sp³-hybridized carbons (Fsp3) is 0.400. The van der Waals surface area contributed by atoms with Crippen molar-refractivity contribution in [1.82, 2.24) is 14.9 Å².